The lowest BCUT2D eigenvalue weighted by molar-refractivity contribution is 0.492. The smallest absolute Gasteiger partial charge is 0.160 e. The molecule has 0 aliphatic carbocycles. The van der Waals surface area contributed by atoms with Gasteiger partial charge in [0.2, 0.25) is 0 Å². The summed E-state index contributed by atoms with van der Waals surface area (Å²) in [6.45, 7) is 0. The summed E-state index contributed by atoms with van der Waals surface area (Å²) in [6.07, 6.45) is 8.02. The Balaban J connectivity index is 1.30. The van der Waals surface area contributed by atoms with Crippen LogP contribution in [0.25, 0.3) is 79.1 Å². The fourth-order valence-electron chi connectivity index (χ4n) is 6.59. The van der Waals surface area contributed by atoms with Crippen LogP contribution in [0, 0.1) is 0 Å². The van der Waals surface area contributed by atoms with Crippen molar-refractivity contribution in [2.45, 2.75) is 0 Å². The van der Waals surface area contributed by atoms with Crippen LogP contribution in [0.2, 0.25) is 0 Å². The van der Waals surface area contributed by atoms with Gasteiger partial charge in [0, 0.05) is 45.6 Å². The van der Waals surface area contributed by atoms with E-state index in [1.54, 1.807) is 6.20 Å². The number of fused-ring (bicyclic) bond motifs is 8. The Bertz CT molecular complexity index is 2470. The zero-order chi connectivity index (χ0) is 32.6. The molecule has 0 atom stereocenters. The summed E-state index contributed by atoms with van der Waals surface area (Å²) in [5, 5.41) is 2.16. The standard InChI is InChI=1S/C45H29N3O/c1-2-13-33(14-3-1)41-28-42(35-15-10-26-46-29-35)48-45(47-41)34-23-22-32-21-20-30-11-4-6-16-36(30)38-18-8-9-19-43(38)49-44-37-17-7-5-12-31(37)24-25-39(44)40(32)27-34/h1-29H/b21-20-. The molecule has 0 fully saturated rings. The second kappa shape index (κ2) is 12.2. The fraction of sp³-hybridized carbons (Fsp3) is 0. The molecular formula is C45H29N3O. The molecule has 8 aromatic rings. The van der Waals surface area contributed by atoms with Gasteiger partial charge in [0.1, 0.15) is 11.5 Å². The minimum atomic E-state index is 0.639. The zero-order valence-corrected chi connectivity index (χ0v) is 26.5. The predicted molar refractivity (Wildman–Crippen MR) is 200 cm³/mol. The molecule has 4 heteroatoms. The Hall–Kier alpha value is -6.65. The van der Waals surface area contributed by atoms with E-state index in [0.29, 0.717) is 5.82 Å². The van der Waals surface area contributed by atoms with Crippen molar-refractivity contribution >= 4 is 22.9 Å². The molecule has 3 heterocycles. The first-order valence-corrected chi connectivity index (χ1v) is 16.3. The van der Waals surface area contributed by atoms with E-state index in [4.69, 9.17) is 14.7 Å². The SMILES string of the molecule is C1=C\c2ccc(-c3nc(-c4ccccc4)cc(-c4cccnc4)n3)cc2-c2ccc3ccccc3c2Oc2ccccc2-c2ccccc2/1. The number of benzene rings is 6. The average molecular weight is 628 g/mol. The minimum absolute atomic E-state index is 0.639. The van der Waals surface area contributed by atoms with Crippen LogP contribution in [-0.4, -0.2) is 15.0 Å². The van der Waals surface area contributed by atoms with Crippen LogP contribution in [-0.2, 0) is 0 Å². The molecule has 6 aromatic carbocycles. The Morgan fingerprint density at radius 3 is 2.02 bits per heavy atom. The van der Waals surface area contributed by atoms with E-state index >= 15 is 0 Å². The third-order valence-electron chi connectivity index (χ3n) is 9.03. The van der Waals surface area contributed by atoms with Gasteiger partial charge in [-0.05, 0) is 64.0 Å². The van der Waals surface area contributed by atoms with E-state index in [1.165, 1.54) is 0 Å². The molecule has 1 aliphatic rings. The van der Waals surface area contributed by atoms with Gasteiger partial charge in [0.15, 0.2) is 5.82 Å². The zero-order valence-electron chi connectivity index (χ0n) is 26.5. The minimum Gasteiger partial charge on any atom is -0.455 e. The van der Waals surface area contributed by atoms with E-state index in [9.17, 15) is 0 Å². The monoisotopic (exact) mass is 627 g/mol. The summed E-state index contributed by atoms with van der Waals surface area (Å²) < 4.78 is 7.03. The predicted octanol–water partition coefficient (Wildman–Crippen LogP) is 11.6. The largest absolute Gasteiger partial charge is 0.455 e. The number of aromatic nitrogens is 3. The number of rotatable bonds is 3. The Morgan fingerprint density at radius 2 is 1.16 bits per heavy atom. The van der Waals surface area contributed by atoms with Gasteiger partial charge < -0.3 is 4.74 Å². The van der Waals surface area contributed by atoms with Crippen LogP contribution in [0.4, 0.5) is 0 Å². The third kappa shape index (κ3) is 5.35. The molecule has 0 amide bonds. The average Bonchev–Trinajstić information content (AvgIpc) is 3.20. The number of hydrogen-bond donors (Lipinski definition) is 0. The van der Waals surface area contributed by atoms with Gasteiger partial charge >= 0.3 is 0 Å². The summed E-state index contributed by atoms with van der Waals surface area (Å²) >= 11 is 0. The molecule has 0 radical (unpaired) electrons. The molecule has 2 aromatic heterocycles. The Kier molecular flexibility index (Phi) is 7.10. The normalized spacial score (nSPS) is 12.4. The summed E-state index contributed by atoms with van der Waals surface area (Å²) in [7, 11) is 0. The van der Waals surface area contributed by atoms with Crippen molar-refractivity contribution in [3.05, 3.63) is 175 Å². The molecule has 1 aliphatic heterocycles. The van der Waals surface area contributed by atoms with Gasteiger partial charge in [0.05, 0.1) is 11.4 Å². The highest BCUT2D eigenvalue weighted by Gasteiger charge is 2.20. The molecule has 0 saturated heterocycles. The molecule has 4 nitrogen and oxygen atoms in total. The third-order valence-corrected chi connectivity index (χ3v) is 9.03. The van der Waals surface area contributed by atoms with E-state index in [-0.39, 0.29) is 0 Å². The highest BCUT2D eigenvalue weighted by atomic mass is 16.5. The topological polar surface area (TPSA) is 47.9 Å². The van der Waals surface area contributed by atoms with E-state index in [2.05, 4.69) is 126 Å². The fourth-order valence-corrected chi connectivity index (χ4v) is 6.59. The summed E-state index contributed by atoms with van der Waals surface area (Å²) in [4.78, 5) is 14.6. The van der Waals surface area contributed by atoms with Gasteiger partial charge in [-0.25, -0.2) is 9.97 Å². The highest BCUT2D eigenvalue weighted by Crippen LogP contribution is 2.45. The molecule has 230 valence electrons. The van der Waals surface area contributed by atoms with Crippen LogP contribution in [0.1, 0.15) is 11.1 Å². The molecule has 49 heavy (non-hydrogen) atoms. The van der Waals surface area contributed by atoms with Crippen molar-refractivity contribution in [3.8, 4) is 67.7 Å². The lowest BCUT2D eigenvalue weighted by Gasteiger charge is -2.18. The van der Waals surface area contributed by atoms with E-state index < -0.39 is 0 Å². The van der Waals surface area contributed by atoms with Crippen molar-refractivity contribution in [3.63, 3.8) is 0 Å². The van der Waals surface area contributed by atoms with Crippen molar-refractivity contribution in [1.29, 1.82) is 0 Å². The number of para-hydroxylation sites is 1. The lowest BCUT2D eigenvalue weighted by Crippen LogP contribution is -1.97. The quantitative estimate of drug-likeness (QED) is 0.196. The van der Waals surface area contributed by atoms with Gasteiger partial charge in [-0.3, -0.25) is 4.98 Å². The van der Waals surface area contributed by atoms with Gasteiger partial charge in [-0.15, -0.1) is 0 Å². The van der Waals surface area contributed by atoms with Crippen LogP contribution in [0.5, 0.6) is 11.5 Å². The van der Waals surface area contributed by atoms with Gasteiger partial charge in [-0.2, -0.15) is 0 Å². The maximum absolute atomic E-state index is 7.03. The molecular weight excluding hydrogens is 599 g/mol. The number of nitrogens with zero attached hydrogens (tertiary/aromatic N) is 3. The molecule has 0 saturated carbocycles. The number of hydrogen-bond acceptors (Lipinski definition) is 4. The summed E-state index contributed by atoms with van der Waals surface area (Å²) in [6, 6.07) is 52.2. The maximum Gasteiger partial charge on any atom is 0.160 e. The Labute approximate surface area is 284 Å². The van der Waals surface area contributed by atoms with Gasteiger partial charge in [0.25, 0.3) is 0 Å². The molecule has 9 rings (SSSR count). The molecule has 0 unspecified atom stereocenters. The van der Waals surface area contributed by atoms with Crippen LogP contribution in [0.3, 0.4) is 0 Å². The van der Waals surface area contributed by atoms with Crippen LogP contribution >= 0.6 is 0 Å². The number of ether oxygens (including phenoxy) is 1. The summed E-state index contributed by atoms with van der Waals surface area (Å²) in [5.74, 6) is 2.26. The van der Waals surface area contributed by atoms with Crippen molar-refractivity contribution in [2.24, 2.45) is 0 Å². The second-order valence-corrected chi connectivity index (χ2v) is 12.1. The maximum atomic E-state index is 7.03. The van der Waals surface area contributed by atoms with Crippen LogP contribution < -0.4 is 4.74 Å². The van der Waals surface area contributed by atoms with Crippen LogP contribution in [0.15, 0.2) is 164 Å². The van der Waals surface area contributed by atoms with Crippen molar-refractivity contribution in [2.75, 3.05) is 0 Å². The molecule has 0 N–H and O–H groups in total. The van der Waals surface area contributed by atoms with Crippen molar-refractivity contribution < 1.29 is 4.74 Å². The first-order chi connectivity index (χ1) is 24.3. The van der Waals surface area contributed by atoms with Gasteiger partial charge in [-0.1, -0.05) is 127 Å². The first-order valence-electron chi connectivity index (χ1n) is 16.3. The first kappa shape index (κ1) is 28.6. The molecule has 0 bridgehead atoms. The highest BCUT2D eigenvalue weighted by molar-refractivity contribution is 5.99. The molecule has 0 spiro atoms. The lowest BCUT2D eigenvalue weighted by atomic mass is 9.93. The van der Waals surface area contributed by atoms with Crippen molar-refractivity contribution in [1.82, 2.24) is 15.0 Å². The second-order valence-electron chi connectivity index (χ2n) is 12.1. The number of pyridine rings is 1. The Morgan fingerprint density at radius 1 is 0.449 bits per heavy atom. The summed E-state index contributed by atoms with van der Waals surface area (Å²) in [5.41, 5.74) is 10.9. The van der Waals surface area contributed by atoms with E-state index in [1.807, 2.05) is 48.7 Å². The van der Waals surface area contributed by atoms with E-state index in [0.717, 1.165) is 83.7 Å².